The number of pyridine rings is 1. The second-order valence-electron chi connectivity index (χ2n) is 5.04. The summed E-state index contributed by atoms with van der Waals surface area (Å²) in [7, 11) is 0. The van der Waals surface area contributed by atoms with Crippen LogP contribution in [0.2, 0.25) is 0 Å². The van der Waals surface area contributed by atoms with Crippen molar-refractivity contribution < 1.29 is 14.7 Å². The highest BCUT2D eigenvalue weighted by Crippen LogP contribution is 2.08. The van der Waals surface area contributed by atoms with Crippen LogP contribution in [0.4, 0.5) is 0 Å². The van der Waals surface area contributed by atoms with E-state index >= 15 is 0 Å². The minimum atomic E-state index is -0.990. The molecule has 0 aliphatic carbocycles. The second-order valence-corrected chi connectivity index (χ2v) is 5.04. The van der Waals surface area contributed by atoms with Gasteiger partial charge in [0.25, 0.3) is 11.5 Å². The van der Waals surface area contributed by atoms with Crippen LogP contribution in [0.5, 0.6) is 0 Å². The molecule has 2 N–H and O–H groups in total. The first-order chi connectivity index (χ1) is 9.88. The molecule has 6 nitrogen and oxygen atoms in total. The lowest BCUT2D eigenvalue weighted by atomic mass is 10.1. The van der Waals surface area contributed by atoms with Crippen LogP contribution in [0.25, 0.3) is 0 Å². The zero-order valence-electron chi connectivity index (χ0n) is 12.7. The van der Waals surface area contributed by atoms with Crippen molar-refractivity contribution in [2.45, 2.75) is 46.6 Å². The average Bonchev–Trinajstić information content (AvgIpc) is 2.42. The highest BCUT2D eigenvalue weighted by Gasteiger charge is 2.15. The third kappa shape index (κ3) is 4.44. The van der Waals surface area contributed by atoms with Crippen molar-refractivity contribution >= 4 is 11.9 Å². The summed E-state index contributed by atoms with van der Waals surface area (Å²) in [5.74, 6) is -1.51. The van der Waals surface area contributed by atoms with Crippen LogP contribution in [0.3, 0.4) is 0 Å². The monoisotopic (exact) mass is 294 g/mol. The summed E-state index contributed by atoms with van der Waals surface area (Å²) >= 11 is 0. The number of hydrogen-bond donors (Lipinski definition) is 2. The van der Waals surface area contributed by atoms with Crippen LogP contribution >= 0.6 is 0 Å². The third-order valence-corrected chi connectivity index (χ3v) is 3.42. The number of hydrogen-bond acceptors (Lipinski definition) is 3. The predicted molar refractivity (Wildman–Crippen MR) is 79.7 cm³/mol. The summed E-state index contributed by atoms with van der Waals surface area (Å²) in [5, 5.41) is 11.0. The Balaban J connectivity index is 3.02. The molecule has 0 bridgehead atoms. The first-order valence-corrected chi connectivity index (χ1v) is 7.09. The Hall–Kier alpha value is -2.11. The molecular formula is C15H22N2O4. The standard InChI is InChI=1S/C15H22N2O4/c1-4-5-8-17-11(3)10(2)9-12(15(17)21)14(20)16-7-6-13(18)19/h9H,4-8H2,1-3H3,(H,16,20)(H,18,19). The first-order valence-electron chi connectivity index (χ1n) is 7.09. The molecule has 0 saturated carbocycles. The number of carboxylic acid groups (broad SMARTS) is 1. The van der Waals surface area contributed by atoms with Crippen LogP contribution < -0.4 is 10.9 Å². The van der Waals surface area contributed by atoms with Gasteiger partial charge in [0.05, 0.1) is 6.42 Å². The lowest BCUT2D eigenvalue weighted by Crippen LogP contribution is -2.35. The molecule has 1 heterocycles. The number of amides is 1. The number of nitrogens with one attached hydrogen (secondary N) is 1. The molecule has 0 atom stereocenters. The molecule has 1 rings (SSSR count). The van der Waals surface area contributed by atoms with Crippen LogP contribution in [-0.2, 0) is 11.3 Å². The molecule has 0 radical (unpaired) electrons. The van der Waals surface area contributed by atoms with Crippen LogP contribution in [0.1, 0.15) is 47.8 Å². The van der Waals surface area contributed by atoms with Crippen molar-refractivity contribution in [3.05, 3.63) is 33.2 Å². The maximum atomic E-state index is 12.4. The van der Waals surface area contributed by atoms with Gasteiger partial charge in [-0.05, 0) is 31.9 Å². The van der Waals surface area contributed by atoms with E-state index in [1.165, 1.54) is 0 Å². The lowest BCUT2D eigenvalue weighted by molar-refractivity contribution is -0.136. The number of aromatic nitrogens is 1. The van der Waals surface area contributed by atoms with E-state index in [0.717, 1.165) is 24.1 Å². The van der Waals surface area contributed by atoms with Crippen molar-refractivity contribution in [1.29, 1.82) is 0 Å². The molecule has 0 saturated heterocycles. The molecule has 0 spiro atoms. The lowest BCUT2D eigenvalue weighted by Gasteiger charge is -2.14. The molecule has 0 aliphatic heterocycles. The number of rotatable bonds is 7. The SMILES string of the molecule is CCCCn1c(C)c(C)cc(C(=O)NCCC(=O)O)c1=O. The Kier molecular flexibility index (Phi) is 6.14. The quantitative estimate of drug-likeness (QED) is 0.797. The fraction of sp³-hybridized carbons (Fsp3) is 0.533. The van der Waals surface area contributed by atoms with Crippen molar-refractivity contribution in [3.63, 3.8) is 0 Å². The molecule has 0 fully saturated rings. The fourth-order valence-corrected chi connectivity index (χ4v) is 2.02. The summed E-state index contributed by atoms with van der Waals surface area (Å²) in [6, 6.07) is 1.57. The van der Waals surface area contributed by atoms with Gasteiger partial charge >= 0.3 is 5.97 Å². The van der Waals surface area contributed by atoms with Gasteiger partial charge in [0.1, 0.15) is 5.56 Å². The van der Waals surface area contributed by atoms with Gasteiger partial charge in [0, 0.05) is 18.8 Å². The first kappa shape index (κ1) is 16.9. The van der Waals surface area contributed by atoms with E-state index in [1.807, 2.05) is 20.8 Å². The van der Waals surface area contributed by atoms with Crippen molar-refractivity contribution in [3.8, 4) is 0 Å². The number of carbonyl (C=O) groups excluding carboxylic acids is 1. The number of carbonyl (C=O) groups is 2. The van der Waals surface area contributed by atoms with Gasteiger partial charge in [-0.1, -0.05) is 13.3 Å². The van der Waals surface area contributed by atoms with Gasteiger partial charge in [0.2, 0.25) is 0 Å². The van der Waals surface area contributed by atoms with Crippen LogP contribution in [-0.4, -0.2) is 28.1 Å². The topological polar surface area (TPSA) is 88.4 Å². The second kappa shape index (κ2) is 7.61. The zero-order chi connectivity index (χ0) is 16.0. The Morgan fingerprint density at radius 1 is 1.33 bits per heavy atom. The largest absolute Gasteiger partial charge is 0.481 e. The minimum absolute atomic E-state index is 0.00942. The normalized spacial score (nSPS) is 10.4. The summed E-state index contributed by atoms with van der Waals surface area (Å²) in [4.78, 5) is 34.8. The highest BCUT2D eigenvalue weighted by atomic mass is 16.4. The van der Waals surface area contributed by atoms with Gasteiger partial charge in [-0.25, -0.2) is 0 Å². The van der Waals surface area contributed by atoms with Crippen LogP contribution in [0.15, 0.2) is 10.9 Å². The number of carboxylic acids is 1. The number of aryl methyl sites for hydroxylation is 1. The van der Waals surface area contributed by atoms with Gasteiger partial charge in [0.15, 0.2) is 0 Å². The number of nitrogens with zero attached hydrogens (tertiary/aromatic N) is 1. The molecule has 1 aromatic rings. The van der Waals surface area contributed by atoms with E-state index in [9.17, 15) is 14.4 Å². The molecule has 116 valence electrons. The Morgan fingerprint density at radius 3 is 2.57 bits per heavy atom. The Labute approximate surface area is 123 Å². The predicted octanol–water partition coefficient (Wildman–Crippen LogP) is 1.47. The summed E-state index contributed by atoms with van der Waals surface area (Å²) in [6.45, 7) is 6.34. The molecule has 1 aromatic heterocycles. The van der Waals surface area contributed by atoms with Crippen molar-refractivity contribution in [2.24, 2.45) is 0 Å². The fourth-order valence-electron chi connectivity index (χ4n) is 2.02. The number of unbranched alkanes of at least 4 members (excludes halogenated alkanes) is 1. The highest BCUT2D eigenvalue weighted by molar-refractivity contribution is 5.94. The van der Waals surface area contributed by atoms with Gasteiger partial charge in [-0.2, -0.15) is 0 Å². The summed E-state index contributed by atoms with van der Waals surface area (Å²) < 4.78 is 1.62. The van der Waals surface area contributed by atoms with E-state index in [2.05, 4.69) is 5.32 Å². The van der Waals surface area contributed by atoms with E-state index < -0.39 is 11.9 Å². The molecule has 0 aliphatic rings. The maximum absolute atomic E-state index is 12.4. The molecule has 6 heteroatoms. The van der Waals surface area contributed by atoms with E-state index in [0.29, 0.717) is 6.54 Å². The van der Waals surface area contributed by atoms with E-state index in [1.54, 1.807) is 10.6 Å². The summed E-state index contributed by atoms with van der Waals surface area (Å²) in [6.07, 6.45) is 1.66. The van der Waals surface area contributed by atoms with E-state index in [4.69, 9.17) is 5.11 Å². The molecule has 0 unspecified atom stereocenters. The Morgan fingerprint density at radius 2 is 2.00 bits per heavy atom. The molecular weight excluding hydrogens is 272 g/mol. The average molecular weight is 294 g/mol. The summed E-state index contributed by atoms with van der Waals surface area (Å²) in [5.41, 5.74) is 1.48. The third-order valence-electron chi connectivity index (χ3n) is 3.42. The van der Waals surface area contributed by atoms with Gasteiger partial charge < -0.3 is 15.0 Å². The zero-order valence-corrected chi connectivity index (χ0v) is 12.7. The van der Waals surface area contributed by atoms with Crippen LogP contribution in [0, 0.1) is 13.8 Å². The minimum Gasteiger partial charge on any atom is -0.481 e. The smallest absolute Gasteiger partial charge is 0.305 e. The maximum Gasteiger partial charge on any atom is 0.305 e. The van der Waals surface area contributed by atoms with Gasteiger partial charge in [-0.15, -0.1) is 0 Å². The molecule has 1 amide bonds. The molecule has 0 aromatic carbocycles. The van der Waals surface area contributed by atoms with Crippen molar-refractivity contribution in [1.82, 2.24) is 9.88 Å². The van der Waals surface area contributed by atoms with Crippen molar-refractivity contribution in [2.75, 3.05) is 6.54 Å². The molecule has 21 heavy (non-hydrogen) atoms. The van der Waals surface area contributed by atoms with Gasteiger partial charge in [-0.3, -0.25) is 14.4 Å². The Bertz CT molecular complexity index is 590. The van der Waals surface area contributed by atoms with E-state index in [-0.39, 0.29) is 24.1 Å². The number of aliphatic carboxylic acids is 1.